The van der Waals surface area contributed by atoms with Crippen molar-refractivity contribution in [3.63, 3.8) is 0 Å². The summed E-state index contributed by atoms with van der Waals surface area (Å²) in [4.78, 5) is 16.2. The summed E-state index contributed by atoms with van der Waals surface area (Å²) in [5.41, 5.74) is 4.01. The molecule has 0 amide bonds. The van der Waals surface area contributed by atoms with Crippen molar-refractivity contribution in [2.24, 2.45) is 0 Å². The fraction of sp³-hybridized carbons (Fsp3) is 0. The minimum absolute atomic E-state index is 0.145. The smallest absolute Gasteiger partial charge is 0.276 e. The second-order valence-corrected chi connectivity index (χ2v) is 6.04. The number of aromatic hydroxyl groups is 1. The highest BCUT2D eigenvalue weighted by atomic mass is 16.5. The normalized spacial score (nSPS) is 11.1. The topological polar surface area (TPSA) is 101 Å². The molecule has 0 radical (unpaired) electrons. The predicted octanol–water partition coefficient (Wildman–Crippen LogP) is 4.05. The lowest BCUT2D eigenvalue weighted by atomic mass is 10.1. The Balaban J connectivity index is 1.52. The van der Waals surface area contributed by atoms with Crippen molar-refractivity contribution >= 4 is 11.0 Å². The van der Waals surface area contributed by atoms with E-state index >= 15 is 0 Å². The van der Waals surface area contributed by atoms with Crippen LogP contribution >= 0.6 is 0 Å². The van der Waals surface area contributed by atoms with E-state index in [9.17, 15) is 5.11 Å². The first-order valence-electron chi connectivity index (χ1n) is 8.29. The molecule has 1 aromatic carbocycles. The largest absolute Gasteiger partial charge is 0.508 e. The lowest BCUT2D eigenvalue weighted by molar-refractivity contribution is 0.431. The molecule has 0 bridgehead atoms. The van der Waals surface area contributed by atoms with Crippen LogP contribution in [0.5, 0.6) is 5.75 Å². The van der Waals surface area contributed by atoms with E-state index in [1.165, 1.54) is 0 Å². The highest BCUT2D eigenvalue weighted by Crippen LogP contribution is 2.27. The number of aromatic amines is 1. The third-order valence-corrected chi connectivity index (χ3v) is 4.24. The first-order chi connectivity index (χ1) is 13.3. The van der Waals surface area contributed by atoms with Gasteiger partial charge in [-0.05, 0) is 42.0 Å². The summed E-state index contributed by atoms with van der Waals surface area (Å²) in [6.07, 6.45) is 5.37. The zero-order valence-electron chi connectivity index (χ0n) is 14.0. The van der Waals surface area contributed by atoms with Gasteiger partial charge in [-0.15, -0.1) is 0 Å². The van der Waals surface area contributed by atoms with Crippen LogP contribution in [-0.2, 0) is 0 Å². The van der Waals surface area contributed by atoms with E-state index in [4.69, 9.17) is 4.52 Å². The minimum Gasteiger partial charge on any atom is -0.508 e. The molecule has 7 heteroatoms. The molecular formula is C20H13N5O2. The Morgan fingerprint density at radius 1 is 0.926 bits per heavy atom. The summed E-state index contributed by atoms with van der Waals surface area (Å²) in [5.74, 6) is 0.848. The number of hydrogen-bond acceptors (Lipinski definition) is 6. The average molecular weight is 355 g/mol. The maximum absolute atomic E-state index is 9.61. The van der Waals surface area contributed by atoms with Gasteiger partial charge in [-0.3, -0.25) is 4.98 Å². The Bertz CT molecular complexity index is 1260. The molecule has 0 unspecified atom stereocenters. The molecule has 0 spiro atoms. The average Bonchev–Trinajstić information content (AvgIpc) is 3.37. The number of hydrogen-bond donors (Lipinski definition) is 2. The van der Waals surface area contributed by atoms with E-state index in [1.807, 2.05) is 30.6 Å². The summed E-state index contributed by atoms with van der Waals surface area (Å²) in [6.45, 7) is 0. The zero-order chi connectivity index (χ0) is 18.2. The number of nitrogens with one attached hydrogen (secondary N) is 1. The van der Waals surface area contributed by atoms with Gasteiger partial charge in [0.05, 0.1) is 0 Å². The maximum Gasteiger partial charge on any atom is 0.276 e. The second-order valence-electron chi connectivity index (χ2n) is 6.04. The van der Waals surface area contributed by atoms with Crippen LogP contribution in [0.25, 0.3) is 45.1 Å². The summed E-state index contributed by atoms with van der Waals surface area (Å²) >= 11 is 0. The Morgan fingerprint density at radius 3 is 2.81 bits per heavy atom. The summed E-state index contributed by atoms with van der Waals surface area (Å²) in [6, 6.07) is 14.5. The van der Waals surface area contributed by atoms with Crippen LogP contribution in [0.15, 0.2) is 71.6 Å². The van der Waals surface area contributed by atoms with Crippen LogP contribution < -0.4 is 0 Å². The third kappa shape index (κ3) is 2.81. The van der Waals surface area contributed by atoms with Gasteiger partial charge in [0.2, 0.25) is 5.82 Å². The van der Waals surface area contributed by atoms with Crippen molar-refractivity contribution in [1.29, 1.82) is 0 Å². The molecule has 27 heavy (non-hydrogen) atoms. The molecular weight excluding hydrogens is 342 g/mol. The molecule has 4 heterocycles. The van der Waals surface area contributed by atoms with E-state index in [0.717, 1.165) is 22.2 Å². The number of nitrogens with zero attached hydrogens (tertiary/aromatic N) is 4. The minimum atomic E-state index is 0.145. The maximum atomic E-state index is 9.61. The Morgan fingerprint density at radius 2 is 1.89 bits per heavy atom. The molecule has 0 aliphatic carbocycles. The number of phenolic OH excluding ortho intramolecular Hbond substituents is 1. The SMILES string of the molecule is Oc1cccc(-c2noc(-c3cc(-c4cnc5[nH]ccc5c4)ccn3)n2)c1. The molecule has 0 fully saturated rings. The van der Waals surface area contributed by atoms with Crippen LogP contribution in [-0.4, -0.2) is 30.2 Å². The monoisotopic (exact) mass is 355 g/mol. The molecule has 5 rings (SSSR count). The Labute approximate surface area is 153 Å². The van der Waals surface area contributed by atoms with E-state index < -0.39 is 0 Å². The van der Waals surface area contributed by atoms with Crippen LogP contribution in [0, 0.1) is 0 Å². The molecule has 2 N–H and O–H groups in total. The van der Waals surface area contributed by atoms with E-state index in [0.29, 0.717) is 23.0 Å². The van der Waals surface area contributed by atoms with Gasteiger partial charge in [-0.2, -0.15) is 4.98 Å². The standard InChI is InChI=1S/C20H13N5O2/c26-16-3-1-2-13(9-16)19-24-20(27-25-19)17-10-12(4-6-21-17)15-8-14-5-7-22-18(14)23-11-15/h1-11,26H,(H,22,23). The van der Waals surface area contributed by atoms with Crippen molar-refractivity contribution in [3.05, 3.63) is 67.1 Å². The number of pyridine rings is 2. The number of aromatic nitrogens is 5. The molecule has 4 aromatic heterocycles. The number of H-pyrrole nitrogens is 1. The van der Waals surface area contributed by atoms with Crippen molar-refractivity contribution in [3.8, 4) is 39.8 Å². The van der Waals surface area contributed by atoms with Crippen LogP contribution in [0.4, 0.5) is 0 Å². The predicted molar refractivity (Wildman–Crippen MR) is 99.7 cm³/mol. The molecule has 7 nitrogen and oxygen atoms in total. The second kappa shape index (κ2) is 6.06. The summed E-state index contributed by atoms with van der Waals surface area (Å²) in [5, 5.41) is 14.6. The van der Waals surface area contributed by atoms with Gasteiger partial charge in [0.15, 0.2) is 0 Å². The van der Waals surface area contributed by atoms with Crippen molar-refractivity contribution in [2.45, 2.75) is 0 Å². The van der Waals surface area contributed by atoms with Crippen molar-refractivity contribution in [1.82, 2.24) is 25.1 Å². The highest BCUT2D eigenvalue weighted by Gasteiger charge is 2.13. The van der Waals surface area contributed by atoms with Gasteiger partial charge in [0.25, 0.3) is 5.89 Å². The third-order valence-electron chi connectivity index (χ3n) is 4.24. The molecule has 0 aliphatic rings. The number of benzene rings is 1. The van der Waals surface area contributed by atoms with E-state index in [1.54, 1.807) is 30.5 Å². The number of phenols is 1. The molecule has 0 atom stereocenters. The fourth-order valence-electron chi connectivity index (χ4n) is 2.91. The Kier molecular flexibility index (Phi) is 3.43. The van der Waals surface area contributed by atoms with E-state index in [2.05, 4.69) is 31.2 Å². The molecule has 130 valence electrons. The van der Waals surface area contributed by atoms with Gasteiger partial charge in [0.1, 0.15) is 17.1 Å². The van der Waals surface area contributed by atoms with Crippen molar-refractivity contribution in [2.75, 3.05) is 0 Å². The first-order valence-corrected chi connectivity index (χ1v) is 8.29. The van der Waals surface area contributed by atoms with Crippen LogP contribution in [0.1, 0.15) is 0 Å². The Hall–Kier alpha value is -4.00. The first kappa shape index (κ1) is 15.3. The quantitative estimate of drug-likeness (QED) is 0.506. The number of fused-ring (bicyclic) bond motifs is 1. The van der Waals surface area contributed by atoms with Gasteiger partial charge in [0, 0.05) is 35.1 Å². The van der Waals surface area contributed by atoms with Gasteiger partial charge >= 0.3 is 0 Å². The molecule has 0 saturated carbocycles. The van der Waals surface area contributed by atoms with Gasteiger partial charge < -0.3 is 14.6 Å². The zero-order valence-corrected chi connectivity index (χ0v) is 14.0. The molecule has 0 saturated heterocycles. The van der Waals surface area contributed by atoms with Gasteiger partial charge in [-0.1, -0.05) is 17.3 Å². The van der Waals surface area contributed by atoms with Crippen LogP contribution in [0.3, 0.4) is 0 Å². The lowest BCUT2D eigenvalue weighted by Gasteiger charge is -2.02. The lowest BCUT2D eigenvalue weighted by Crippen LogP contribution is -1.87. The fourth-order valence-corrected chi connectivity index (χ4v) is 2.91. The van der Waals surface area contributed by atoms with Crippen LogP contribution in [0.2, 0.25) is 0 Å². The van der Waals surface area contributed by atoms with Crippen molar-refractivity contribution < 1.29 is 9.63 Å². The molecule has 0 aliphatic heterocycles. The van der Waals surface area contributed by atoms with E-state index in [-0.39, 0.29) is 5.75 Å². The number of rotatable bonds is 3. The molecule has 5 aromatic rings. The summed E-state index contributed by atoms with van der Waals surface area (Å²) < 4.78 is 5.37. The summed E-state index contributed by atoms with van der Waals surface area (Å²) in [7, 11) is 0. The van der Waals surface area contributed by atoms with Gasteiger partial charge in [-0.25, -0.2) is 4.98 Å². The highest BCUT2D eigenvalue weighted by molar-refractivity contribution is 5.81.